The maximum absolute atomic E-state index is 13.9. The fourth-order valence-electron chi connectivity index (χ4n) is 3.86. The van der Waals surface area contributed by atoms with Crippen LogP contribution in [-0.2, 0) is 17.4 Å². The van der Waals surface area contributed by atoms with Crippen LogP contribution in [0.4, 0.5) is 13.2 Å². The molecular weight excluding hydrogens is 457 g/mol. The number of alkyl halides is 3. The number of aromatic nitrogens is 3. The second-order valence-corrected chi connectivity index (χ2v) is 8.21. The van der Waals surface area contributed by atoms with Gasteiger partial charge in [-0.25, -0.2) is 4.68 Å². The average molecular weight is 483 g/mol. The molecule has 0 bridgehead atoms. The van der Waals surface area contributed by atoms with Crippen molar-refractivity contribution in [1.82, 2.24) is 20.1 Å². The molecule has 0 spiro atoms. The number of halogens is 3. The van der Waals surface area contributed by atoms with Gasteiger partial charge in [-0.05, 0) is 43.5 Å². The number of nitrogens with one attached hydrogen (secondary N) is 1. The predicted octanol–water partition coefficient (Wildman–Crippen LogP) is 5.57. The predicted molar refractivity (Wildman–Crippen MR) is 126 cm³/mol. The molecule has 2 aromatic carbocycles. The van der Waals surface area contributed by atoms with Crippen molar-refractivity contribution >= 4 is 16.9 Å². The Morgan fingerprint density at radius 2 is 1.80 bits per heavy atom. The summed E-state index contributed by atoms with van der Waals surface area (Å²) in [5, 5.41) is 6.98. The second-order valence-electron chi connectivity index (χ2n) is 8.21. The van der Waals surface area contributed by atoms with Crippen LogP contribution in [0.2, 0.25) is 0 Å². The zero-order valence-electron chi connectivity index (χ0n) is 19.6. The normalized spacial score (nSPS) is 12.5. The first-order valence-corrected chi connectivity index (χ1v) is 11.2. The van der Waals surface area contributed by atoms with Gasteiger partial charge in [0.25, 0.3) is 5.91 Å². The molecule has 0 radical (unpaired) electrons. The molecule has 0 saturated carbocycles. The van der Waals surface area contributed by atoms with Gasteiger partial charge >= 0.3 is 6.18 Å². The van der Waals surface area contributed by atoms with Gasteiger partial charge in [-0.15, -0.1) is 0 Å². The number of hydrogen-bond donors (Lipinski definition) is 1. The molecule has 35 heavy (non-hydrogen) atoms. The summed E-state index contributed by atoms with van der Waals surface area (Å²) in [4.78, 5) is 16.7. The van der Waals surface area contributed by atoms with Gasteiger partial charge in [0, 0.05) is 6.07 Å². The number of pyridine rings is 1. The number of fused-ring (bicyclic) bond motifs is 1. The standard InChI is InChI=1S/C26H25F3N4O2/c1-4-18-10-12-20(13-11-18)33-25-24(17(3)32-33)21(26(27,28)29)14-23(31-25)35-15-22(34)30-16(2)19-8-6-5-7-9-19/h5-14,16H,4,15H2,1-3H3,(H,30,34)/t16-/m1/s1. The topological polar surface area (TPSA) is 69.0 Å². The largest absolute Gasteiger partial charge is 0.467 e. The summed E-state index contributed by atoms with van der Waals surface area (Å²) < 4.78 is 48.6. The molecule has 0 fully saturated rings. The molecule has 2 aromatic heterocycles. The van der Waals surface area contributed by atoms with Crippen LogP contribution in [0.25, 0.3) is 16.7 Å². The average Bonchev–Trinajstić information content (AvgIpc) is 3.18. The van der Waals surface area contributed by atoms with E-state index in [2.05, 4.69) is 15.4 Å². The van der Waals surface area contributed by atoms with Crippen molar-refractivity contribution in [3.63, 3.8) is 0 Å². The summed E-state index contributed by atoms with van der Waals surface area (Å²) in [7, 11) is 0. The van der Waals surface area contributed by atoms with Crippen LogP contribution in [0.15, 0.2) is 60.7 Å². The Morgan fingerprint density at radius 3 is 2.43 bits per heavy atom. The van der Waals surface area contributed by atoms with Crippen LogP contribution in [0, 0.1) is 6.92 Å². The van der Waals surface area contributed by atoms with Gasteiger partial charge in [0.15, 0.2) is 12.3 Å². The number of carbonyl (C=O) groups excluding carboxylic acids is 1. The number of hydrogen-bond acceptors (Lipinski definition) is 4. The van der Waals surface area contributed by atoms with Gasteiger partial charge in [0.05, 0.1) is 28.4 Å². The molecule has 1 atom stereocenters. The monoisotopic (exact) mass is 482 g/mol. The quantitative estimate of drug-likeness (QED) is 0.374. The molecule has 4 rings (SSSR count). The first kappa shape index (κ1) is 24.3. The fourth-order valence-corrected chi connectivity index (χ4v) is 3.86. The fraction of sp³-hybridized carbons (Fsp3) is 0.269. The zero-order chi connectivity index (χ0) is 25.2. The van der Waals surface area contributed by atoms with E-state index in [1.54, 1.807) is 12.1 Å². The summed E-state index contributed by atoms with van der Waals surface area (Å²) >= 11 is 0. The van der Waals surface area contributed by atoms with Crippen molar-refractivity contribution in [1.29, 1.82) is 0 Å². The van der Waals surface area contributed by atoms with Gasteiger partial charge in [0.2, 0.25) is 5.88 Å². The van der Waals surface area contributed by atoms with Gasteiger partial charge in [-0.1, -0.05) is 49.4 Å². The minimum Gasteiger partial charge on any atom is -0.467 e. The van der Waals surface area contributed by atoms with Crippen LogP contribution in [-0.4, -0.2) is 27.3 Å². The third kappa shape index (κ3) is 5.29. The van der Waals surface area contributed by atoms with E-state index in [0.29, 0.717) is 5.69 Å². The number of ether oxygens (including phenoxy) is 1. The van der Waals surface area contributed by atoms with Crippen molar-refractivity contribution in [2.75, 3.05) is 6.61 Å². The van der Waals surface area contributed by atoms with E-state index >= 15 is 0 Å². The molecule has 1 N–H and O–H groups in total. The molecule has 2 heterocycles. The lowest BCUT2D eigenvalue weighted by Crippen LogP contribution is -2.31. The Hall–Kier alpha value is -3.88. The molecule has 9 heteroatoms. The maximum atomic E-state index is 13.9. The van der Waals surface area contributed by atoms with E-state index in [9.17, 15) is 18.0 Å². The molecule has 4 aromatic rings. The minimum atomic E-state index is -4.66. The molecule has 0 unspecified atom stereocenters. The highest BCUT2D eigenvalue weighted by Crippen LogP contribution is 2.38. The Kier molecular flexibility index (Phi) is 6.77. The van der Waals surface area contributed by atoms with Crippen molar-refractivity contribution in [3.05, 3.63) is 83.0 Å². The Morgan fingerprint density at radius 1 is 1.11 bits per heavy atom. The third-order valence-electron chi connectivity index (χ3n) is 5.71. The molecule has 1 amide bonds. The van der Waals surface area contributed by atoms with Crippen LogP contribution in [0.1, 0.15) is 42.3 Å². The molecule has 6 nitrogen and oxygen atoms in total. The minimum absolute atomic E-state index is 0.00892. The molecule has 0 aliphatic rings. The highest BCUT2D eigenvalue weighted by atomic mass is 19.4. The highest BCUT2D eigenvalue weighted by molar-refractivity contribution is 5.85. The van der Waals surface area contributed by atoms with E-state index in [4.69, 9.17) is 4.74 Å². The smallest absolute Gasteiger partial charge is 0.417 e. The molecular formula is C26H25F3N4O2. The number of amides is 1. The molecule has 0 saturated heterocycles. The van der Waals surface area contributed by atoms with Crippen LogP contribution >= 0.6 is 0 Å². The van der Waals surface area contributed by atoms with Crippen LogP contribution in [0.5, 0.6) is 5.88 Å². The van der Waals surface area contributed by atoms with Gasteiger partial charge in [0.1, 0.15) is 0 Å². The number of nitrogens with zero attached hydrogens (tertiary/aromatic N) is 3. The Bertz CT molecular complexity index is 1330. The first-order valence-electron chi connectivity index (χ1n) is 11.2. The van der Waals surface area contributed by atoms with Gasteiger partial charge < -0.3 is 10.1 Å². The van der Waals surface area contributed by atoms with E-state index in [0.717, 1.165) is 23.6 Å². The summed E-state index contributed by atoms with van der Waals surface area (Å²) in [6.45, 7) is 4.85. The maximum Gasteiger partial charge on any atom is 0.417 e. The van der Waals surface area contributed by atoms with E-state index in [1.807, 2.05) is 56.3 Å². The molecule has 182 valence electrons. The lowest BCUT2D eigenvalue weighted by molar-refractivity contribution is -0.136. The Balaban J connectivity index is 1.64. The highest BCUT2D eigenvalue weighted by Gasteiger charge is 2.36. The number of aryl methyl sites for hydroxylation is 2. The lowest BCUT2D eigenvalue weighted by Gasteiger charge is -2.15. The lowest BCUT2D eigenvalue weighted by atomic mass is 10.1. The van der Waals surface area contributed by atoms with E-state index in [1.165, 1.54) is 11.6 Å². The van der Waals surface area contributed by atoms with Crippen molar-refractivity contribution in [2.24, 2.45) is 0 Å². The van der Waals surface area contributed by atoms with Gasteiger partial charge in [-0.3, -0.25) is 4.79 Å². The van der Waals surface area contributed by atoms with Crippen molar-refractivity contribution in [3.8, 4) is 11.6 Å². The molecule has 0 aliphatic heterocycles. The van der Waals surface area contributed by atoms with Crippen LogP contribution < -0.4 is 10.1 Å². The SMILES string of the molecule is CCc1ccc(-n2nc(C)c3c(C(F)(F)F)cc(OCC(=O)N[C@H](C)c4ccccc4)nc32)cc1. The molecule has 0 aliphatic carbocycles. The second kappa shape index (κ2) is 9.77. The number of rotatable bonds is 7. The van der Waals surface area contributed by atoms with Crippen LogP contribution in [0.3, 0.4) is 0 Å². The summed E-state index contributed by atoms with van der Waals surface area (Å²) in [5.74, 6) is -0.782. The number of benzene rings is 2. The van der Waals surface area contributed by atoms with E-state index < -0.39 is 24.3 Å². The third-order valence-corrected chi connectivity index (χ3v) is 5.71. The van der Waals surface area contributed by atoms with Crippen molar-refractivity contribution < 1.29 is 22.7 Å². The summed E-state index contributed by atoms with van der Waals surface area (Å²) in [6.07, 6.45) is -3.83. The Labute approximate surface area is 200 Å². The first-order chi connectivity index (χ1) is 16.7. The van der Waals surface area contributed by atoms with Gasteiger partial charge in [-0.2, -0.15) is 23.3 Å². The van der Waals surface area contributed by atoms with Crippen molar-refractivity contribution in [2.45, 2.75) is 39.4 Å². The summed E-state index contributed by atoms with van der Waals surface area (Å²) in [5.41, 5.74) is 1.85. The van der Waals surface area contributed by atoms with E-state index in [-0.39, 0.29) is 28.6 Å². The zero-order valence-corrected chi connectivity index (χ0v) is 19.6. The summed E-state index contributed by atoms with van der Waals surface area (Å²) in [6, 6.07) is 17.2. The number of carbonyl (C=O) groups is 1.